The number of nitrogens with one attached hydrogen (secondary N) is 1. The van der Waals surface area contributed by atoms with Crippen LogP contribution in [0.5, 0.6) is 5.75 Å². The SMILES string of the molecule is O=C(c1ccccc1O)c1n[nH]nc1-c1ccccc1. The standard InChI is InChI=1S/C15H11N3O2/c19-12-9-5-4-8-11(12)15(20)14-13(16-18-17-14)10-6-2-1-3-7-10/h1-9,19H,(H,16,17,18). The van der Waals surface area contributed by atoms with Gasteiger partial charge in [-0.25, -0.2) is 0 Å². The van der Waals surface area contributed by atoms with Crippen molar-refractivity contribution in [2.45, 2.75) is 0 Å². The second-order valence-electron chi connectivity index (χ2n) is 4.23. The molecular formula is C15H11N3O2. The zero-order valence-electron chi connectivity index (χ0n) is 10.4. The number of para-hydroxylation sites is 1. The molecule has 0 aliphatic rings. The van der Waals surface area contributed by atoms with Gasteiger partial charge < -0.3 is 5.11 Å². The molecule has 0 saturated carbocycles. The topological polar surface area (TPSA) is 78.9 Å². The number of rotatable bonds is 3. The van der Waals surface area contributed by atoms with Gasteiger partial charge in [0.25, 0.3) is 0 Å². The molecule has 0 saturated heterocycles. The van der Waals surface area contributed by atoms with Gasteiger partial charge in [-0.3, -0.25) is 4.79 Å². The van der Waals surface area contributed by atoms with Crippen LogP contribution in [0.3, 0.4) is 0 Å². The number of hydrogen-bond donors (Lipinski definition) is 2. The highest BCUT2D eigenvalue weighted by Gasteiger charge is 2.21. The van der Waals surface area contributed by atoms with Crippen LogP contribution in [-0.2, 0) is 0 Å². The van der Waals surface area contributed by atoms with E-state index in [-0.39, 0.29) is 22.8 Å². The first-order valence-electron chi connectivity index (χ1n) is 6.06. The van der Waals surface area contributed by atoms with Crippen molar-refractivity contribution in [2.75, 3.05) is 0 Å². The maximum absolute atomic E-state index is 12.4. The number of aromatic nitrogens is 3. The molecule has 5 nitrogen and oxygen atoms in total. The molecule has 0 aliphatic carbocycles. The van der Waals surface area contributed by atoms with Crippen LogP contribution in [-0.4, -0.2) is 26.3 Å². The third-order valence-electron chi connectivity index (χ3n) is 2.96. The number of H-pyrrole nitrogens is 1. The molecule has 0 aliphatic heterocycles. The Bertz CT molecular complexity index is 751. The lowest BCUT2D eigenvalue weighted by Gasteiger charge is -2.02. The highest BCUT2D eigenvalue weighted by molar-refractivity contribution is 6.12. The number of aromatic hydroxyl groups is 1. The molecule has 98 valence electrons. The summed E-state index contributed by atoms with van der Waals surface area (Å²) in [5.41, 5.74) is 1.66. The Labute approximate surface area is 114 Å². The molecule has 0 fully saturated rings. The average molecular weight is 265 g/mol. The van der Waals surface area contributed by atoms with Crippen molar-refractivity contribution in [3.8, 4) is 17.0 Å². The van der Waals surface area contributed by atoms with Gasteiger partial charge in [0.05, 0.1) is 5.56 Å². The summed E-state index contributed by atoms with van der Waals surface area (Å²) in [6, 6.07) is 15.7. The van der Waals surface area contributed by atoms with Gasteiger partial charge in [-0.1, -0.05) is 42.5 Å². The van der Waals surface area contributed by atoms with E-state index in [4.69, 9.17) is 0 Å². The highest BCUT2D eigenvalue weighted by atomic mass is 16.3. The van der Waals surface area contributed by atoms with Gasteiger partial charge in [0, 0.05) is 5.56 Å². The fraction of sp³-hybridized carbons (Fsp3) is 0. The molecule has 0 unspecified atom stereocenters. The van der Waals surface area contributed by atoms with Crippen molar-refractivity contribution in [2.24, 2.45) is 0 Å². The molecule has 1 heterocycles. The maximum Gasteiger partial charge on any atom is 0.219 e. The van der Waals surface area contributed by atoms with Gasteiger partial charge in [0.1, 0.15) is 11.4 Å². The van der Waals surface area contributed by atoms with Crippen molar-refractivity contribution < 1.29 is 9.90 Å². The first-order valence-corrected chi connectivity index (χ1v) is 6.06. The fourth-order valence-electron chi connectivity index (χ4n) is 1.98. The normalized spacial score (nSPS) is 10.4. The Morgan fingerprint density at radius 1 is 0.950 bits per heavy atom. The number of hydrogen-bond acceptors (Lipinski definition) is 4. The lowest BCUT2D eigenvalue weighted by molar-refractivity contribution is 0.103. The third kappa shape index (κ3) is 2.05. The van der Waals surface area contributed by atoms with Crippen molar-refractivity contribution in [1.29, 1.82) is 0 Å². The molecular weight excluding hydrogens is 254 g/mol. The Balaban J connectivity index is 2.07. The minimum atomic E-state index is -0.365. The smallest absolute Gasteiger partial charge is 0.219 e. The van der Waals surface area contributed by atoms with Crippen LogP contribution in [0.4, 0.5) is 0 Å². The van der Waals surface area contributed by atoms with E-state index in [1.165, 1.54) is 6.07 Å². The predicted molar refractivity (Wildman–Crippen MR) is 73.4 cm³/mol. The molecule has 1 aromatic heterocycles. The average Bonchev–Trinajstić information content (AvgIpc) is 2.97. The second-order valence-corrected chi connectivity index (χ2v) is 4.23. The summed E-state index contributed by atoms with van der Waals surface area (Å²) in [4.78, 5) is 12.4. The van der Waals surface area contributed by atoms with Crippen LogP contribution in [0.25, 0.3) is 11.3 Å². The monoisotopic (exact) mass is 265 g/mol. The lowest BCUT2D eigenvalue weighted by Crippen LogP contribution is -2.04. The largest absolute Gasteiger partial charge is 0.507 e. The van der Waals surface area contributed by atoms with E-state index in [2.05, 4.69) is 15.4 Å². The molecule has 0 amide bonds. The second kappa shape index (κ2) is 4.97. The molecule has 3 rings (SSSR count). The molecule has 0 radical (unpaired) electrons. The Morgan fingerprint density at radius 2 is 1.65 bits per heavy atom. The summed E-state index contributed by atoms with van der Waals surface area (Å²) in [7, 11) is 0. The van der Waals surface area contributed by atoms with Crippen LogP contribution in [0, 0.1) is 0 Å². The molecule has 2 N–H and O–H groups in total. The Morgan fingerprint density at radius 3 is 2.40 bits per heavy atom. The van der Waals surface area contributed by atoms with Crippen LogP contribution < -0.4 is 0 Å². The first kappa shape index (κ1) is 12.1. The molecule has 0 bridgehead atoms. The quantitative estimate of drug-likeness (QED) is 0.713. The van der Waals surface area contributed by atoms with E-state index in [0.29, 0.717) is 5.69 Å². The van der Waals surface area contributed by atoms with Crippen LogP contribution in [0.1, 0.15) is 16.1 Å². The zero-order valence-corrected chi connectivity index (χ0v) is 10.4. The maximum atomic E-state index is 12.4. The first-order chi connectivity index (χ1) is 9.77. The number of benzene rings is 2. The minimum Gasteiger partial charge on any atom is -0.507 e. The number of carbonyl (C=O) groups excluding carboxylic acids is 1. The van der Waals surface area contributed by atoms with Crippen molar-refractivity contribution in [1.82, 2.24) is 15.4 Å². The van der Waals surface area contributed by atoms with Gasteiger partial charge in [-0.05, 0) is 12.1 Å². The fourth-order valence-corrected chi connectivity index (χ4v) is 1.98. The van der Waals surface area contributed by atoms with Gasteiger partial charge >= 0.3 is 0 Å². The Hall–Kier alpha value is -2.95. The summed E-state index contributed by atoms with van der Waals surface area (Å²) >= 11 is 0. The van der Waals surface area contributed by atoms with E-state index >= 15 is 0 Å². The molecule has 3 aromatic rings. The molecule has 0 spiro atoms. The van der Waals surface area contributed by atoms with Gasteiger partial charge in [0.15, 0.2) is 5.69 Å². The lowest BCUT2D eigenvalue weighted by atomic mass is 10.0. The molecule has 5 heteroatoms. The van der Waals surface area contributed by atoms with Crippen LogP contribution in [0.15, 0.2) is 54.6 Å². The number of phenolic OH excluding ortho intramolecular Hbond substituents is 1. The molecule has 2 aromatic carbocycles. The van der Waals surface area contributed by atoms with Gasteiger partial charge in [-0.15, -0.1) is 0 Å². The number of nitrogens with zero attached hydrogens (tertiary/aromatic N) is 2. The number of ketones is 1. The number of aromatic amines is 1. The van der Waals surface area contributed by atoms with E-state index in [1.807, 2.05) is 30.3 Å². The van der Waals surface area contributed by atoms with Crippen molar-refractivity contribution in [3.05, 3.63) is 65.9 Å². The van der Waals surface area contributed by atoms with E-state index in [0.717, 1.165) is 5.56 Å². The molecule has 0 atom stereocenters. The minimum absolute atomic E-state index is 0.0699. The highest BCUT2D eigenvalue weighted by Crippen LogP contribution is 2.24. The van der Waals surface area contributed by atoms with Gasteiger partial charge in [-0.2, -0.15) is 15.4 Å². The number of phenols is 1. The Kier molecular flexibility index (Phi) is 3.01. The third-order valence-corrected chi connectivity index (χ3v) is 2.96. The van der Waals surface area contributed by atoms with E-state index < -0.39 is 0 Å². The van der Waals surface area contributed by atoms with E-state index in [1.54, 1.807) is 18.2 Å². The summed E-state index contributed by atoms with van der Waals surface area (Å²) in [5.74, 6) is -0.435. The van der Waals surface area contributed by atoms with E-state index in [9.17, 15) is 9.90 Å². The summed E-state index contributed by atoms with van der Waals surface area (Å²) in [5, 5.41) is 20.2. The summed E-state index contributed by atoms with van der Waals surface area (Å²) in [6.45, 7) is 0. The van der Waals surface area contributed by atoms with Crippen molar-refractivity contribution >= 4 is 5.78 Å². The number of carbonyl (C=O) groups is 1. The van der Waals surface area contributed by atoms with Gasteiger partial charge in [0.2, 0.25) is 5.78 Å². The predicted octanol–water partition coefficient (Wildman–Crippen LogP) is 2.41. The van der Waals surface area contributed by atoms with Crippen LogP contribution >= 0.6 is 0 Å². The van der Waals surface area contributed by atoms with Crippen LogP contribution in [0.2, 0.25) is 0 Å². The summed E-state index contributed by atoms with van der Waals surface area (Å²) < 4.78 is 0. The molecule has 20 heavy (non-hydrogen) atoms. The summed E-state index contributed by atoms with van der Waals surface area (Å²) in [6.07, 6.45) is 0. The zero-order chi connectivity index (χ0) is 13.9. The van der Waals surface area contributed by atoms with Crippen molar-refractivity contribution in [3.63, 3.8) is 0 Å².